The van der Waals surface area contributed by atoms with Crippen LogP contribution in [0, 0.1) is 11.8 Å². The van der Waals surface area contributed by atoms with Crippen molar-refractivity contribution >= 4 is 28.0 Å². The second-order valence-corrected chi connectivity index (χ2v) is 8.91. The van der Waals surface area contributed by atoms with Gasteiger partial charge in [-0.1, -0.05) is 28.1 Å². The van der Waals surface area contributed by atoms with E-state index in [0.29, 0.717) is 26.1 Å². The summed E-state index contributed by atoms with van der Waals surface area (Å²) in [6, 6.07) is 8.05. The van der Waals surface area contributed by atoms with Gasteiger partial charge in [-0.15, -0.1) is 0 Å². The third-order valence-electron chi connectivity index (χ3n) is 4.72. The molecule has 6 heteroatoms. The average molecular weight is 440 g/mol. The lowest BCUT2D eigenvalue weighted by Crippen LogP contribution is -2.44. The van der Waals surface area contributed by atoms with Crippen LogP contribution in [0.4, 0.5) is 4.79 Å². The van der Waals surface area contributed by atoms with E-state index in [-0.39, 0.29) is 23.9 Å². The van der Waals surface area contributed by atoms with Crippen molar-refractivity contribution in [3.63, 3.8) is 0 Å². The van der Waals surface area contributed by atoms with Crippen molar-refractivity contribution in [3.8, 4) is 0 Å². The maximum absolute atomic E-state index is 12.6. The summed E-state index contributed by atoms with van der Waals surface area (Å²) in [5, 5.41) is 0. The van der Waals surface area contributed by atoms with Gasteiger partial charge >= 0.3 is 12.1 Å². The highest BCUT2D eigenvalue weighted by Crippen LogP contribution is 2.30. The van der Waals surface area contributed by atoms with Crippen molar-refractivity contribution in [1.29, 1.82) is 0 Å². The van der Waals surface area contributed by atoms with Crippen molar-refractivity contribution in [2.75, 3.05) is 19.7 Å². The van der Waals surface area contributed by atoms with Crippen LogP contribution in [0.1, 0.15) is 46.1 Å². The van der Waals surface area contributed by atoms with Gasteiger partial charge in [0.05, 0.1) is 12.5 Å². The number of hydrogen-bond acceptors (Lipinski definition) is 4. The lowest BCUT2D eigenvalue weighted by atomic mass is 9.80. The number of piperidine rings is 1. The Morgan fingerprint density at radius 1 is 1.19 bits per heavy atom. The van der Waals surface area contributed by atoms with Gasteiger partial charge in [0.2, 0.25) is 0 Å². The Kier molecular flexibility index (Phi) is 7.71. The fraction of sp³-hybridized carbons (Fsp3) is 0.619. The molecular formula is C21H30BrNO4. The Morgan fingerprint density at radius 2 is 1.78 bits per heavy atom. The second-order valence-electron chi connectivity index (χ2n) is 7.99. The zero-order chi connectivity index (χ0) is 20.0. The number of hydrogen-bond donors (Lipinski definition) is 0. The van der Waals surface area contributed by atoms with Crippen LogP contribution < -0.4 is 0 Å². The van der Waals surface area contributed by atoms with E-state index in [1.54, 1.807) is 4.90 Å². The van der Waals surface area contributed by atoms with Crippen molar-refractivity contribution in [2.45, 2.75) is 52.6 Å². The number of rotatable bonds is 5. The first-order valence-electron chi connectivity index (χ1n) is 9.58. The molecule has 1 unspecified atom stereocenters. The largest absolute Gasteiger partial charge is 0.466 e. The summed E-state index contributed by atoms with van der Waals surface area (Å²) in [7, 11) is 0. The topological polar surface area (TPSA) is 55.8 Å². The molecule has 1 aromatic rings. The summed E-state index contributed by atoms with van der Waals surface area (Å²) in [5.74, 6) is -0.130. The first kappa shape index (κ1) is 21.7. The van der Waals surface area contributed by atoms with Gasteiger partial charge in [-0.2, -0.15) is 0 Å². The normalized spacial score (nSPS) is 16.7. The molecule has 1 atom stereocenters. The fourth-order valence-corrected chi connectivity index (χ4v) is 3.64. The van der Waals surface area contributed by atoms with Crippen molar-refractivity contribution in [1.82, 2.24) is 4.90 Å². The van der Waals surface area contributed by atoms with Gasteiger partial charge in [-0.25, -0.2) is 4.79 Å². The molecule has 0 aromatic heterocycles. The van der Waals surface area contributed by atoms with Crippen LogP contribution in [0.15, 0.2) is 28.7 Å². The molecule has 0 N–H and O–H groups in total. The molecule has 1 heterocycles. The standard InChI is InChI=1S/C21H30BrNO4/c1-5-26-19(24)18(14-15-6-8-17(22)9-7-15)16-10-12-23(13-11-16)20(25)27-21(2,3)4/h6-9,16,18H,5,10-14H2,1-4H3. The van der Waals surface area contributed by atoms with Gasteiger partial charge in [-0.3, -0.25) is 4.79 Å². The molecule has 150 valence electrons. The number of amides is 1. The molecule has 0 bridgehead atoms. The second kappa shape index (κ2) is 9.58. The molecule has 0 spiro atoms. The highest BCUT2D eigenvalue weighted by Gasteiger charge is 2.34. The van der Waals surface area contributed by atoms with Crippen LogP contribution in [-0.2, 0) is 20.7 Å². The van der Waals surface area contributed by atoms with Gasteiger partial charge in [-0.05, 0) is 70.6 Å². The van der Waals surface area contributed by atoms with Gasteiger partial charge in [0.1, 0.15) is 5.60 Å². The quantitative estimate of drug-likeness (QED) is 0.617. The summed E-state index contributed by atoms with van der Waals surface area (Å²) in [6.45, 7) is 9.03. The molecule has 1 aliphatic rings. The molecule has 1 saturated heterocycles. The number of carbonyl (C=O) groups is 2. The van der Waals surface area contributed by atoms with Crippen molar-refractivity contribution in [3.05, 3.63) is 34.3 Å². The zero-order valence-electron chi connectivity index (χ0n) is 16.7. The van der Waals surface area contributed by atoms with E-state index in [1.165, 1.54) is 0 Å². The molecular weight excluding hydrogens is 410 g/mol. The van der Waals surface area contributed by atoms with E-state index >= 15 is 0 Å². The minimum absolute atomic E-state index is 0.142. The van der Waals surface area contributed by atoms with Crippen LogP contribution in [0.25, 0.3) is 0 Å². The smallest absolute Gasteiger partial charge is 0.410 e. The molecule has 2 rings (SSSR count). The van der Waals surface area contributed by atoms with Crippen molar-refractivity contribution in [2.24, 2.45) is 11.8 Å². The summed E-state index contributed by atoms with van der Waals surface area (Å²) < 4.78 is 11.8. The number of halogens is 1. The molecule has 0 radical (unpaired) electrons. The minimum atomic E-state index is -0.497. The van der Waals surface area contributed by atoms with Crippen LogP contribution in [0.3, 0.4) is 0 Å². The lowest BCUT2D eigenvalue weighted by molar-refractivity contribution is -0.150. The third kappa shape index (κ3) is 6.83. The van der Waals surface area contributed by atoms with E-state index in [9.17, 15) is 9.59 Å². The SMILES string of the molecule is CCOC(=O)C(Cc1ccc(Br)cc1)C1CCN(C(=O)OC(C)(C)C)CC1. The van der Waals surface area contributed by atoms with E-state index in [0.717, 1.165) is 22.9 Å². The monoisotopic (exact) mass is 439 g/mol. The Labute approximate surface area is 170 Å². The number of esters is 1. The Balaban J connectivity index is 2.01. The molecule has 1 amide bonds. The Hall–Kier alpha value is -1.56. The number of carbonyl (C=O) groups excluding carboxylic acids is 2. The molecule has 1 aliphatic heterocycles. The highest BCUT2D eigenvalue weighted by atomic mass is 79.9. The minimum Gasteiger partial charge on any atom is -0.466 e. The van der Waals surface area contributed by atoms with E-state index < -0.39 is 5.60 Å². The average Bonchev–Trinajstić information content (AvgIpc) is 2.60. The Morgan fingerprint density at radius 3 is 2.30 bits per heavy atom. The maximum atomic E-state index is 12.6. The Bertz CT molecular complexity index is 631. The number of benzene rings is 1. The molecule has 0 saturated carbocycles. The van der Waals surface area contributed by atoms with Gasteiger partial charge in [0, 0.05) is 17.6 Å². The van der Waals surface area contributed by atoms with E-state index in [4.69, 9.17) is 9.47 Å². The van der Waals surface area contributed by atoms with Gasteiger partial charge in [0.15, 0.2) is 0 Å². The van der Waals surface area contributed by atoms with Gasteiger partial charge < -0.3 is 14.4 Å². The summed E-state index contributed by atoms with van der Waals surface area (Å²) in [6.07, 6.45) is 1.93. The first-order chi connectivity index (χ1) is 12.7. The van der Waals surface area contributed by atoms with Gasteiger partial charge in [0.25, 0.3) is 0 Å². The molecule has 1 aromatic carbocycles. The zero-order valence-corrected chi connectivity index (χ0v) is 18.3. The molecule has 5 nitrogen and oxygen atoms in total. The first-order valence-corrected chi connectivity index (χ1v) is 10.4. The lowest BCUT2D eigenvalue weighted by Gasteiger charge is -2.36. The molecule has 27 heavy (non-hydrogen) atoms. The number of likely N-dealkylation sites (tertiary alicyclic amines) is 1. The number of ether oxygens (including phenoxy) is 2. The molecule has 0 aliphatic carbocycles. The maximum Gasteiger partial charge on any atom is 0.410 e. The summed E-state index contributed by atoms with van der Waals surface area (Å²) in [4.78, 5) is 26.6. The predicted molar refractivity (Wildman–Crippen MR) is 109 cm³/mol. The van der Waals surface area contributed by atoms with Crippen LogP contribution >= 0.6 is 15.9 Å². The number of nitrogens with zero attached hydrogens (tertiary/aromatic N) is 1. The summed E-state index contributed by atoms with van der Waals surface area (Å²) in [5.41, 5.74) is 0.619. The van der Waals surface area contributed by atoms with Crippen LogP contribution in [-0.4, -0.2) is 42.3 Å². The highest BCUT2D eigenvalue weighted by molar-refractivity contribution is 9.10. The fourth-order valence-electron chi connectivity index (χ4n) is 3.38. The molecule has 1 fully saturated rings. The van der Waals surface area contributed by atoms with E-state index in [2.05, 4.69) is 15.9 Å². The predicted octanol–water partition coefficient (Wildman–Crippen LogP) is 4.82. The summed E-state index contributed by atoms with van der Waals surface area (Å²) >= 11 is 3.44. The van der Waals surface area contributed by atoms with E-state index in [1.807, 2.05) is 52.0 Å². The van der Waals surface area contributed by atoms with Crippen LogP contribution in [0.5, 0.6) is 0 Å². The third-order valence-corrected chi connectivity index (χ3v) is 5.25. The van der Waals surface area contributed by atoms with Crippen molar-refractivity contribution < 1.29 is 19.1 Å². The van der Waals surface area contributed by atoms with Crippen LogP contribution in [0.2, 0.25) is 0 Å².